The van der Waals surface area contributed by atoms with Crippen molar-refractivity contribution in [2.45, 2.75) is 54.9 Å². The molecule has 154 valence electrons. The minimum atomic E-state index is -3.55. The van der Waals surface area contributed by atoms with Crippen molar-refractivity contribution in [3.63, 3.8) is 0 Å². The highest BCUT2D eigenvalue weighted by atomic mass is 32.2. The van der Waals surface area contributed by atoms with Gasteiger partial charge in [-0.2, -0.15) is 0 Å². The third kappa shape index (κ3) is 7.57. The van der Waals surface area contributed by atoms with Gasteiger partial charge in [0.1, 0.15) is 12.0 Å². The van der Waals surface area contributed by atoms with Gasteiger partial charge in [-0.05, 0) is 44.0 Å². The van der Waals surface area contributed by atoms with E-state index >= 15 is 0 Å². The number of rotatable bonds is 12. The van der Waals surface area contributed by atoms with Crippen LogP contribution in [0.5, 0.6) is 0 Å². The molecule has 0 heterocycles. The van der Waals surface area contributed by atoms with Gasteiger partial charge in [-0.1, -0.05) is 48.7 Å². The summed E-state index contributed by atoms with van der Waals surface area (Å²) in [5.74, 6) is 0.925. The highest BCUT2D eigenvalue weighted by Gasteiger charge is 2.23. The van der Waals surface area contributed by atoms with Crippen molar-refractivity contribution in [3.05, 3.63) is 60.2 Å². The van der Waals surface area contributed by atoms with E-state index in [0.29, 0.717) is 11.3 Å². The second-order valence-electron chi connectivity index (χ2n) is 7.11. The molecular weight excluding hydrogens is 393 g/mol. The van der Waals surface area contributed by atoms with Crippen LogP contribution >= 0.6 is 0 Å². The molecule has 1 unspecified atom stereocenters. The second kappa shape index (κ2) is 11.6. The summed E-state index contributed by atoms with van der Waals surface area (Å²) in [4.78, 5) is 1.59. The van der Waals surface area contributed by atoms with Crippen LogP contribution in [0.3, 0.4) is 0 Å². The molecule has 0 radical (unpaired) electrons. The Morgan fingerprint density at radius 2 is 1.64 bits per heavy atom. The lowest BCUT2D eigenvalue weighted by Gasteiger charge is -2.18. The smallest absolute Gasteiger partial charge is 0.240 e. The van der Waals surface area contributed by atoms with E-state index in [1.54, 1.807) is 12.1 Å². The maximum atomic E-state index is 12.8. The van der Waals surface area contributed by atoms with E-state index < -0.39 is 10.0 Å². The monoisotopic (exact) mass is 424 g/mol. The van der Waals surface area contributed by atoms with Crippen molar-refractivity contribution in [1.82, 2.24) is 4.72 Å². The zero-order valence-corrected chi connectivity index (χ0v) is 18.4. The first kappa shape index (κ1) is 22.9. The number of benzene rings is 2. The summed E-state index contributed by atoms with van der Waals surface area (Å²) in [6.07, 6.45) is 5.86. The first-order valence-corrected chi connectivity index (χ1v) is 13.0. The Morgan fingerprint density at radius 3 is 2.29 bits per heavy atom. The summed E-state index contributed by atoms with van der Waals surface area (Å²) in [6.45, 7) is 1.62. The van der Waals surface area contributed by atoms with Gasteiger partial charge in [0.15, 0.2) is 4.90 Å². The number of nitrogens with one attached hydrogen (secondary N) is 1. The van der Waals surface area contributed by atoms with Crippen LogP contribution in [-0.2, 0) is 20.9 Å². The highest BCUT2D eigenvalue weighted by molar-refractivity contribution is 7.96. The Balaban J connectivity index is 2.02. The number of hydrogen-bond acceptors (Lipinski definition) is 2. The summed E-state index contributed by atoms with van der Waals surface area (Å²) < 4.78 is 40.8. The van der Waals surface area contributed by atoms with Crippen molar-refractivity contribution in [3.8, 4) is 0 Å². The van der Waals surface area contributed by atoms with Crippen LogP contribution in [0.25, 0.3) is 0 Å². The fourth-order valence-electron chi connectivity index (χ4n) is 3.02. The zero-order chi connectivity index (χ0) is 20.4. The first-order chi connectivity index (χ1) is 13.4. The van der Waals surface area contributed by atoms with Crippen LogP contribution in [0.4, 0.5) is 4.39 Å². The molecule has 6 heteroatoms. The summed E-state index contributed by atoms with van der Waals surface area (Å²) in [5.41, 5.74) is 1.03. The van der Waals surface area contributed by atoms with Crippen LogP contribution in [0.15, 0.2) is 64.4 Å². The lowest BCUT2D eigenvalue weighted by Crippen LogP contribution is -2.36. The summed E-state index contributed by atoms with van der Waals surface area (Å²) in [7, 11) is -3.49. The number of unbranched alkanes of at least 4 members (excludes halogenated alkanes) is 2. The Labute approximate surface area is 172 Å². The molecule has 0 aromatic heterocycles. The second-order valence-corrected chi connectivity index (χ2v) is 11.0. The predicted octanol–water partition coefficient (Wildman–Crippen LogP) is 4.87. The van der Waals surface area contributed by atoms with Gasteiger partial charge in [0.05, 0.1) is 11.6 Å². The topological polar surface area (TPSA) is 46.2 Å². The molecule has 0 aliphatic carbocycles. The Morgan fingerprint density at radius 1 is 0.964 bits per heavy atom. The molecule has 0 aliphatic rings. The number of sulfonamides is 1. The minimum absolute atomic E-state index is 0.0663. The Hall–Kier alpha value is -1.37. The van der Waals surface area contributed by atoms with Gasteiger partial charge >= 0.3 is 0 Å². The quantitative estimate of drug-likeness (QED) is 0.390. The molecule has 2 aromatic rings. The predicted molar refractivity (Wildman–Crippen MR) is 117 cm³/mol. The first-order valence-electron chi connectivity index (χ1n) is 9.75. The van der Waals surface area contributed by atoms with E-state index in [9.17, 15) is 12.8 Å². The van der Waals surface area contributed by atoms with Crippen molar-refractivity contribution >= 4 is 20.9 Å². The van der Waals surface area contributed by atoms with Crippen LogP contribution in [0.1, 0.15) is 37.7 Å². The van der Waals surface area contributed by atoms with Gasteiger partial charge in [-0.25, -0.2) is 13.1 Å². The van der Waals surface area contributed by atoms with E-state index in [2.05, 4.69) is 23.1 Å². The third-order valence-corrected chi connectivity index (χ3v) is 8.22. The van der Waals surface area contributed by atoms with Crippen LogP contribution in [-0.4, -0.2) is 33.1 Å². The molecule has 0 saturated heterocycles. The Bertz CT molecular complexity index is 795. The average molecular weight is 425 g/mol. The molecule has 0 aliphatic heterocycles. The van der Waals surface area contributed by atoms with E-state index in [1.165, 1.54) is 4.90 Å². The minimum Gasteiger partial charge on any atom is -0.251 e. The number of alkyl halides is 1. The maximum Gasteiger partial charge on any atom is 0.240 e. The molecule has 2 aromatic carbocycles. The molecule has 0 saturated carbocycles. The number of aryl methyl sites for hydroxylation is 1. The van der Waals surface area contributed by atoms with Crippen molar-refractivity contribution in [1.29, 1.82) is 0 Å². The zero-order valence-electron chi connectivity index (χ0n) is 16.7. The van der Waals surface area contributed by atoms with Gasteiger partial charge in [0.2, 0.25) is 10.0 Å². The molecule has 2 rings (SSSR count). The number of halogens is 1. The van der Waals surface area contributed by atoms with Gasteiger partial charge in [0, 0.05) is 23.4 Å². The van der Waals surface area contributed by atoms with Gasteiger partial charge < -0.3 is 0 Å². The molecule has 28 heavy (non-hydrogen) atoms. The van der Waals surface area contributed by atoms with Crippen molar-refractivity contribution in [2.75, 3.05) is 18.7 Å². The van der Waals surface area contributed by atoms with Gasteiger partial charge in [-0.15, -0.1) is 0 Å². The van der Waals surface area contributed by atoms with Crippen LogP contribution < -0.4 is 4.72 Å². The fourth-order valence-corrected chi connectivity index (χ4v) is 5.82. The Kier molecular flexibility index (Phi) is 9.48. The lowest BCUT2D eigenvalue weighted by atomic mass is 10.1. The molecule has 0 fully saturated rings. The van der Waals surface area contributed by atoms with Crippen molar-refractivity contribution in [2.24, 2.45) is 0 Å². The van der Waals surface area contributed by atoms with Gasteiger partial charge in [0.25, 0.3) is 0 Å². The van der Waals surface area contributed by atoms with E-state index in [4.69, 9.17) is 0 Å². The molecular formula is C22H31FNO2S2+. The highest BCUT2D eigenvalue weighted by Crippen LogP contribution is 2.17. The molecule has 2 atom stereocenters. The summed E-state index contributed by atoms with van der Waals surface area (Å²) in [5, 5.41) is 0. The largest absolute Gasteiger partial charge is 0.251 e. The maximum absolute atomic E-state index is 12.8. The fraction of sp³-hybridized carbons (Fsp3) is 0.455. The molecule has 0 bridgehead atoms. The standard InChI is InChI=1S/C22H31FNO2S2/c1-19-12-14-22(15-13-19)28(25,26)24-20(9-5-4-8-17-23)16-18-27(2)21-10-6-3-7-11-21/h3,6-7,10-15,20,24H,4-5,8-9,16-18H2,1-2H3/q+1/t20-,27?/m1/s1. The van der Waals surface area contributed by atoms with E-state index in [-0.39, 0.29) is 23.6 Å². The third-order valence-electron chi connectivity index (χ3n) is 4.76. The summed E-state index contributed by atoms with van der Waals surface area (Å²) >= 11 is 0. The summed E-state index contributed by atoms with van der Waals surface area (Å²) in [6, 6.07) is 17.1. The van der Waals surface area contributed by atoms with Crippen molar-refractivity contribution < 1.29 is 12.8 Å². The average Bonchev–Trinajstić information content (AvgIpc) is 2.69. The van der Waals surface area contributed by atoms with Gasteiger partial charge in [-0.3, -0.25) is 4.39 Å². The van der Waals surface area contributed by atoms with E-state index in [1.807, 2.05) is 37.3 Å². The lowest BCUT2D eigenvalue weighted by molar-refractivity contribution is 0.437. The molecule has 3 nitrogen and oxygen atoms in total. The van der Waals surface area contributed by atoms with Crippen LogP contribution in [0, 0.1) is 6.92 Å². The van der Waals surface area contributed by atoms with Crippen LogP contribution in [0.2, 0.25) is 0 Å². The normalized spacial score (nSPS) is 14.0. The SMILES string of the molecule is Cc1ccc(S(=O)(=O)N[C@H](CCCCCF)CC[S+](C)c2ccccc2)cc1. The molecule has 1 N–H and O–H groups in total. The molecule has 0 spiro atoms. The van der Waals surface area contributed by atoms with E-state index in [0.717, 1.165) is 37.0 Å². The molecule has 0 amide bonds. The number of hydrogen-bond donors (Lipinski definition) is 1.